The van der Waals surface area contributed by atoms with E-state index < -0.39 is 23.5 Å². The van der Waals surface area contributed by atoms with Gasteiger partial charge in [-0.3, -0.25) is 14.4 Å². The standard InChI is InChI=1S/C22H36N4O5/c1-6-18(27)23-16-10-8-7-9-15(16)20(29)24-17(11-13(2)3)19(28)21-25-26(12-14(4)5)22(30)31-21/h13-17H,6-12H2,1-5H3,(H,23,27)(H,24,29)/t15-,16+,17+/m1/s1. The molecule has 0 aromatic carbocycles. The van der Waals surface area contributed by atoms with Gasteiger partial charge in [-0.2, -0.15) is 4.68 Å². The van der Waals surface area contributed by atoms with Crippen molar-refractivity contribution in [2.24, 2.45) is 17.8 Å². The fourth-order valence-corrected chi connectivity index (χ4v) is 3.92. The van der Waals surface area contributed by atoms with Crippen LogP contribution >= 0.6 is 0 Å². The molecule has 1 fully saturated rings. The molecule has 1 saturated carbocycles. The second kappa shape index (κ2) is 11.2. The Morgan fingerprint density at radius 3 is 2.42 bits per heavy atom. The molecule has 9 nitrogen and oxygen atoms in total. The summed E-state index contributed by atoms with van der Waals surface area (Å²) in [5.41, 5.74) is 0. The molecule has 2 N–H and O–H groups in total. The molecule has 174 valence electrons. The molecule has 0 radical (unpaired) electrons. The van der Waals surface area contributed by atoms with Gasteiger partial charge in [-0.1, -0.05) is 47.5 Å². The average Bonchev–Trinajstić information content (AvgIpc) is 3.06. The van der Waals surface area contributed by atoms with Crippen molar-refractivity contribution in [3.8, 4) is 0 Å². The molecule has 1 aliphatic carbocycles. The zero-order valence-corrected chi connectivity index (χ0v) is 19.3. The maximum absolute atomic E-state index is 13.1. The molecule has 31 heavy (non-hydrogen) atoms. The smallest absolute Gasteiger partial charge is 0.384 e. The molecule has 1 heterocycles. The van der Waals surface area contributed by atoms with Gasteiger partial charge in [0.25, 0.3) is 5.89 Å². The Bertz CT molecular complexity index is 826. The monoisotopic (exact) mass is 436 g/mol. The van der Waals surface area contributed by atoms with Crippen molar-refractivity contribution in [3.63, 3.8) is 0 Å². The molecule has 1 aromatic heterocycles. The summed E-state index contributed by atoms with van der Waals surface area (Å²) < 4.78 is 6.24. The lowest BCUT2D eigenvalue weighted by Crippen LogP contribution is -2.52. The second-order valence-corrected chi connectivity index (χ2v) is 9.22. The van der Waals surface area contributed by atoms with Gasteiger partial charge in [-0.15, -0.1) is 5.10 Å². The molecule has 1 aromatic rings. The van der Waals surface area contributed by atoms with E-state index >= 15 is 0 Å². The van der Waals surface area contributed by atoms with E-state index in [0.717, 1.165) is 23.9 Å². The zero-order chi connectivity index (χ0) is 23.1. The molecule has 0 aliphatic heterocycles. The maximum atomic E-state index is 13.1. The highest BCUT2D eigenvalue weighted by molar-refractivity contribution is 5.98. The first-order chi connectivity index (χ1) is 14.6. The number of ketones is 1. The number of nitrogens with one attached hydrogen (secondary N) is 2. The van der Waals surface area contributed by atoms with Crippen LogP contribution in [0.3, 0.4) is 0 Å². The van der Waals surface area contributed by atoms with Gasteiger partial charge in [0.15, 0.2) is 0 Å². The van der Waals surface area contributed by atoms with Crippen LogP contribution < -0.4 is 16.4 Å². The van der Waals surface area contributed by atoms with Crippen molar-refractivity contribution in [2.45, 2.75) is 91.8 Å². The molecule has 0 bridgehead atoms. The lowest BCUT2D eigenvalue weighted by atomic mass is 9.83. The largest absolute Gasteiger partial charge is 0.437 e. The van der Waals surface area contributed by atoms with Gasteiger partial charge in [0.2, 0.25) is 17.6 Å². The molecule has 0 unspecified atom stereocenters. The molecule has 0 spiro atoms. The van der Waals surface area contributed by atoms with E-state index in [1.54, 1.807) is 6.92 Å². The van der Waals surface area contributed by atoms with Crippen LogP contribution in [0.15, 0.2) is 9.21 Å². The van der Waals surface area contributed by atoms with E-state index in [1.807, 2.05) is 27.7 Å². The number of nitrogens with zero attached hydrogens (tertiary/aromatic N) is 2. The van der Waals surface area contributed by atoms with E-state index in [4.69, 9.17) is 4.42 Å². The van der Waals surface area contributed by atoms with Crippen molar-refractivity contribution in [3.05, 3.63) is 16.4 Å². The second-order valence-electron chi connectivity index (χ2n) is 9.22. The van der Waals surface area contributed by atoms with E-state index in [9.17, 15) is 19.2 Å². The quantitative estimate of drug-likeness (QED) is 0.543. The van der Waals surface area contributed by atoms with Crippen molar-refractivity contribution in [1.29, 1.82) is 0 Å². The number of amides is 2. The molecule has 2 rings (SSSR count). The minimum atomic E-state index is -0.845. The highest BCUT2D eigenvalue weighted by Gasteiger charge is 2.35. The molecular formula is C22H36N4O5. The highest BCUT2D eigenvalue weighted by atomic mass is 16.4. The van der Waals surface area contributed by atoms with Gasteiger partial charge in [0.05, 0.1) is 18.5 Å². The Morgan fingerprint density at radius 2 is 1.81 bits per heavy atom. The van der Waals surface area contributed by atoms with Crippen molar-refractivity contribution in [2.75, 3.05) is 0 Å². The number of carbonyl (C=O) groups excluding carboxylic acids is 3. The van der Waals surface area contributed by atoms with Crippen LogP contribution in [0.25, 0.3) is 0 Å². The molecule has 9 heteroatoms. The van der Waals surface area contributed by atoms with Crippen LogP contribution in [0.5, 0.6) is 0 Å². The van der Waals surface area contributed by atoms with Crippen LogP contribution in [0.1, 0.15) is 83.8 Å². The summed E-state index contributed by atoms with van der Waals surface area (Å²) in [7, 11) is 0. The van der Waals surface area contributed by atoms with Gasteiger partial charge in [-0.25, -0.2) is 4.79 Å². The van der Waals surface area contributed by atoms with E-state index in [0.29, 0.717) is 25.8 Å². The van der Waals surface area contributed by atoms with Gasteiger partial charge >= 0.3 is 5.76 Å². The number of Topliss-reactive ketones (excluding diaryl/α,β-unsaturated/α-hetero) is 1. The third-order valence-electron chi connectivity index (χ3n) is 5.47. The summed E-state index contributed by atoms with van der Waals surface area (Å²) in [4.78, 5) is 50.0. The number of aromatic nitrogens is 2. The first kappa shape index (κ1) is 24.8. The molecule has 2 amide bonds. The molecule has 0 saturated heterocycles. The Balaban J connectivity index is 2.18. The average molecular weight is 437 g/mol. The fraction of sp³-hybridized carbons (Fsp3) is 0.773. The van der Waals surface area contributed by atoms with Gasteiger partial charge in [0, 0.05) is 12.5 Å². The van der Waals surface area contributed by atoms with Gasteiger partial charge < -0.3 is 15.1 Å². The summed E-state index contributed by atoms with van der Waals surface area (Å²) in [5, 5.41) is 9.84. The summed E-state index contributed by atoms with van der Waals surface area (Å²) in [6.45, 7) is 9.88. The summed E-state index contributed by atoms with van der Waals surface area (Å²) in [6, 6.07) is -1.08. The molecular weight excluding hydrogens is 400 g/mol. The Kier molecular flexibility index (Phi) is 9.00. The number of rotatable bonds is 10. The zero-order valence-electron chi connectivity index (χ0n) is 19.3. The fourth-order valence-electron chi connectivity index (χ4n) is 3.92. The Hall–Kier alpha value is -2.45. The lowest BCUT2D eigenvalue weighted by Gasteiger charge is -2.32. The third kappa shape index (κ3) is 7.04. The van der Waals surface area contributed by atoms with Crippen molar-refractivity contribution < 1.29 is 18.8 Å². The Labute approximate surface area is 183 Å². The van der Waals surface area contributed by atoms with Crippen LogP contribution in [-0.2, 0) is 16.1 Å². The minimum Gasteiger partial charge on any atom is -0.384 e. The number of hydrogen-bond acceptors (Lipinski definition) is 6. The first-order valence-corrected chi connectivity index (χ1v) is 11.3. The topological polar surface area (TPSA) is 123 Å². The molecule has 1 aliphatic rings. The van der Waals surface area contributed by atoms with E-state index in [-0.39, 0.29) is 35.6 Å². The third-order valence-corrected chi connectivity index (χ3v) is 5.47. The summed E-state index contributed by atoms with van der Waals surface area (Å²) >= 11 is 0. The Morgan fingerprint density at radius 1 is 1.13 bits per heavy atom. The van der Waals surface area contributed by atoms with Crippen LogP contribution in [0, 0.1) is 17.8 Å². The van der Waals surface area contributed by atoms with Gasteiger partial charge in [0.1, 0.15) is 0 Å². The maximum Gasteiger partial charge on any atom is 0.437 e. The van der Waals surface area contributed by atoms with E-state index in [2.05, 4.69) is 15.7 Å². The van der Waals surface area contributed by atoms with Crippen LogP contribution in [0.4, 0.5) is 0 Å². The highest BCUT2D eigenvalue weighted by Crippen LogP contribution is 2.25. The number of hydrogen-bond donors (Lipinski definition) is 2. The van der Waals surface area contributed by atoms with Crippen LogP contribution in [-0.4, -0.2) is 39.5 Å². The minimum absolute atomic E-state index is 0.0861. The van der Waals surface area contributed by atoms with Crippen molar-refractivity contribution >= 4 is 17.6 Å². The van der Waals surface area contributed by atoms with E-state index in [1.165, 1.54) is 0 Å². The summed E-state index contributed by atoms with van der Waals surface area (Å²) in [6.07, 6.45) is 3.99. The SMILES string of the molecule is CCC(=O)N[C@H]1CCCC[C@H]1C(=O)N[C@@H](CC(C)C)C(=O)c1nn(CC(C)C)c(=O)o1. The summed E-state index contributed by atoms with van der Waals surface area (Å²) in [5.74, 6) is -1.92. The lowest BCUT2D eigenvalue weighted by molar-refractivity contribution is -0.128. The normalized spacial score (nSPS) is 20.0. The van der Waals surface area contributed by atoms with Gasteiger partial charge in [-0.05, 0) is 31.1 Å². The van der Waals surface area contributed by atoms with Crippen LogP contribution in [0.2, 0.25) is 0 Å². The number of carbonyl (C=O) groups is 3. The molecule has 3 atom stereocenters. The van der Waals surface area contributed by atoms with Crippen molar-refractivity contribution in [1.82, 2.24) is 20.4 Å². The predicted octanol–water partition coefficient (Wildman–Crippen LogP) is 2.29. The first-order valence-electron chi connectivity index (χ1n) is 11.3. The predicted molar refractivity (Wildman–Crippen MR) is 115 cm³/mol.